The monoisotopic (exact) mass is 180 g/mol. The minimum Gasteiger partial charge on any atom is -0.195 e. The summed E-state index contributed by atoms with van der Waals surface area (Å²) in [5.74, 6) is 0.374. The molecule has 0 saturated heterocycles. The Morgan fingerprint density at radius 2 is 2.09 bits per heavy atom. The summed E-state index contributed by atoms with van der Waals surface area (Å²) in [5, 5.41) is 0. The molecule has 66 valence electrons. The number of hydrogen-bond acceptors (Lipinski definition) is 2. The van der Waals surface area contributed by atoms with Gasteiger partial charge in [-0.3, -0.25) is 0 Å². The normalized spacial score (nSPS) is 32.5. The number of hydrogen-bond donors (Lipinski definition) is 0. The third-order valence-corrected chi connectivity index (χ3v) is 3.11. The topological polar surface area (TPSA) is 34.1 Å². The van der Waals surface area contributed by atoms with Gasteiger partial charge in [0.25, 0.3) is 0 Å². The van der Waals surface area contributed by atoms with E-state index in [9.17, 15) is 12.3 Å². The summed E-state index contributed by atoms with van der Waals surface area (Å²) in [6.07, 6.45) is 2.77. The molecule has 0 heterocycles. The van der Waals surface area contributed by atoms with Crippen LogP contribution in [0.2, 0.25) is 0 Å². The molecule has 0 spiro atoms. The highest BCUT2D eigenvalue weighted by Crippen LogP contribution is 2.31. The van der Waals surface area contributed by atoms with Gasteiger partial charge in [0.2, 0.25) is 0 Å². The van der Waals surface area contributed by atoms with Crippen LogP contribution < -0.4 is 0 Å². The fraction of sp³-hybridized carbons (Fsp3) is 1.00. The zero-order valence-corrected chi connectivity index (χ0v) is 7.40. The molecule has 1 aliphatic carbocycles. The standard InChI is InChI=1S/C7H13FO2S/c1-6-2-3-7(4-6)5-11(8,9)10/h6-7H,2-5H2,1H3. The smallest absolute Gasteiger partial charge is 0.195 e. The van der Waals surface area contributed by atoms with Crippen LogP contribution in [-0.2, 0) is 10.2 Å². The van der Waals surface area contributed by atoms with Crippen LogP contribution in [0.5, 0.6) is 0 Å². The molecule has 4 heteroatoms. The summed E-state index contributed by atoms with van der Waals surface area (Å²) in [7, 11) is -4.23. The van der Waals surface area contributed by atoms with Gasteiger partial charge in [0, 0.05) is 0 Å². The number of halogens is 1. The summed E-state index contributed by atoms with van der Waals surface area (Å²) in [6, 6.07) is 0. The Bertz CT molecular complexity index is 223. The molecule has 1 rings (SSSR count). The highest BCUT2D eigenvalue weighted by atomic mass is 32.3. The lowest BCUT2D eigenvalue weighted by atomic mass is 10.1. The highest BCUT2D eigenvalue weighted by molar-refractivity contribution is 7.86. The van der Waals surface area contributed by atoms with Gasteiger partial charge in [-0.05, 0) is 24.7 Å². The van der Waals surface area contributed by atoms with Crippen molar-refractivity contribution in [2.24, 2.45) is 11.8 Å². The summed E-state index contributed by atoms with van der Waals surface area (Å²) < 4.78 is 32.6. The predicted molar refractivity (Wildman–Crippen MR) is 41.4 cm³/mol. The van der Waals surface area contributed by atoms with E-state index in [1.54, 1.807) is 0 Å². The van der Waals surface area contributed by atoms with Gasteiger partial charge in [-0.1, -0.05) is 13.3 Å². The van der Waals surface area contributed by atoms with Crippen LogP contribution in [0.3, 0.4) is 0 Å². The van der Waals surface area contributed by atoms with Gasteiger partial charge in [-0.2, -0.15) is 8.42 Å². The Kier molecular flexibility index (Phi) is 2.52. The molecule has 0 amide bonds. The van der Waals surface area contributed by atoms with Gasteiger partial charge < -0.3 is 0 Å². The zero-order valence-electron chi connectivity index (χ0n) is 6.59. The molecule has 0 aromatic carbocycles. The molecule has 0 bridgehead atoms. The maximum atomic E-state index is 12.1. The predicted octanol–water partition coefficient (Wildman–Crippen LogP) is 1.72. The van der Waals surface area contributed by atoms with E-state index in [0.29, 0.717) is 5.92 Å². The molecule has 0 aromatic rings. The van der Waals surface area contributed by atoms with E-state index in [0.717, 1.165) is 19.3 Å². The van der Waals surface area contributed by atoms with Crippen molar-refractivity contribution in [3.8, 4) is 0 Å². The van der Waals surface area contributed by atoms with Gasteiger partial charge in [-0.15, -0.1) is 3.89 Å². The van der Waals surface area contributed by atoms with Crippen molar-refractivity contribution in [2.45, 2.75) is 26.2 Å². The summed E-state index contributed by atoms with van der Waals surface area (Å²) in [5.41, 5.74) is 0. The molecule has 2 unspecified atom stereocenters. The van der Waals surface area contributed by atoms with Crippen LogP contribution >= 0.6 is 0 Å². The SMILES string of the molecule is CC1CCC(CS(=O)(=O)F)C1. The Morgan fingerprint density at radius 1 is 1.45 bits per heavy atom. The maximum Gasteiger partial charge on any atom is 0.302 e. The van der Waals surface area contributed by atoms with Crippen molar-refractivity contribution in [1.29, 1.82) is 0 Å². The average Bonchev–Trinajstić information content (AvgIpc) is 2.10. The van der Waals surface area contributed by atoms with Crippen molar-refractivity contribution in [3.05, 3.63) is 0 Å². The van der Waals surface area contributed by atoms with Gasteiger partial charge >= 0.3 is 10.2 Å². The first kappa shape index (κ1) is 8.97. The zero-order chi connectivity index (χ0) is 8.48. The molecule has 0 N–H and O–H groups in total. The molecule has 0 radical (unpaired) electrons. The number of rotatable bonds is 2. The molecule has 0 aliphatic heterocycles. The van der Waals surface area contributed by atoms with Crippen molar-refractivity contribution in [2.75, 3.05) is 5.75 Å². The molecule has 1 aliphatic rings. The van der Waals surface area contributed by atoms with Gasteiger partial charge in [0.15, 0.2) is 0 Å². The molecule has 2 nitrogen and oxygen atoms in total. The average molecular weight is 180 g/mol. The minimum absolute atomic E-state index is 0.0694. The second-order valence-electron chi connectivity index (χ2n) is 3.49. The van der Waals surface area contributed by atoms with Gasteiger partial charge in [-0.25, -0.2) is 0 Å². The summed E-state index contributed by atoms with van der Waals surface area (Å²) in [4.78, 5) is 0. The van der Waals surface area contributed by atoms with Crippen molar-refractivity contribution in [1.82, 2.24) is 0 Å². The molecule has 11 heavy (non-hydrogen) atoms. The fourth-order valence-corrected chi connectivity index (χ4v) is 2.62. The molecule has 2 atom stereocenters. The largest absolute Gasteiger partial charge is 0.302 e. The van der Waals surface area contributed by atoms with E-state index in [-0.39, 0.29) is 11.7 Å². The van der Waals surface area contributed by atoms with Crippen LogP contribution in [0.15, 0.2) is 0 Å². The minimum atomic E-state index is -4.23. The Morgan fingerprint density at radius 3 is 2.45 bits per heavy atom. The summed E-state index contributed by atoms with van der Waals surface area (Å²) in [6.45, 7) is 2.07. The van der Waals surface area contributed by atoms with Crippen molar-refractivity contribution < 1.29 is 12.3 Å². The van der Waals surface area contributed by atoms with E-state index in [2.05, 4.69) is 6.92 Å². The van der Waals surface area contributed by atoms with Crippen LogP contribution in [-0.4, -0.2) is 14.2 Å². The maximum absolute atomic E-state index is 12.1. The third-order valence-electron chi connectivity index (χ3n) is 2.24. The Labute approximate surface area is 67.0 Å². The van der Waals surface area contributed by atoms with E-state index in [4.69, 9.17) is 0 Å². The first-order chi connectivity index (χ1) is 4.97. The lowest BCUT2D eigenvalue weighted by Crippen LogP contribution is -2.08. The molecule has 1 saturated carbocycles. The second kappa shape index (κ2) is 3.09. The second-order valence-corrected chi connectivity index (χ2v) is 4.90. The van der Waals surface area contributed by atoms with Gasteiger partial charge in [0.05, 0.1) is 5.75 Å². The van der Waals surface area contributed by atoms with E-state index < -0.39 is 10.2 Å². The first-order valence-corrected chi connectivity index (χ1v) is 5.45. The lowest BCUT2D eigenvalue weighted by Gasteiger charge is -2.03. The van der Waals surface area contributed by atoms with Crippen molar-refractivity contribution >= 4 is 10.2 Å². The van der Waals surface area contributed by atoms with E-state index in [1.165, 1.54) is 0 Å². The quantitative estimate of drug-likeness (QED) is 0.606. The van der Waals surface area contributed by atoms with Crippen LogP contribution in [0.25, 0.3) is 0 Å². The van der Waals surface area contributed by atoms with Crippen LogP contribution in [0.4, 0.5) is 3.89 Å². The van der Waals surface area contributed by atoms with Crippen LogP contribution in [0.1, 0.15) is 26.2 Å². The van der Waals surface area contributed by atoms with E-state index >= 15 is 0 Å². The highest BCUT2D eigenvalue weighted by Gasteiger charge is 2.25. The molecule has 1 fully saturated rings. The first-order valence-electron chi connectivity index (χ1n) is 3.89. The fourth-order valence-electron chi connectivity index (χ4n) is 1.76. The molecule has 0 aromatic heterocycles. The Hall–Kier alpha value is -0.120. The van der Waals surface area contributed by atoms with E-state index in [1.807, 2.05) is 0 Å². The van der Waals surface area contributed by atoms with Crippen molar-refractivity contribution in [3.63, 3.8) is 0 Å². The molecular weight excluding hydrogens is 167 g/mol. The third kappa shape index (κ3) is 3.18. The molecular formula is C7H13FO2S. The Balaban J connectivity index is 2.41. The summed E-state index contributed by atoms with van der Waals surface area (Å²) >= 11 is 0. The lowest BCUT2D eigenvalue weighted by molar-refractivity contribution is 0.511. The van der Waals surface area contributed by atoms with Crippen LogP contribution in [0, 0.1) is 11.8 Å². The van der Waals surface area contributed by atoms with Gasteiger partial charge in [0.1, 0.15) is 0 Å².